The van der Waals surface area contributed by atoms with Crippen LogP contribution >= 0.6 is 11.8 Å². The van der Waals surface area contributed by atoms with Gasteiger partial charge in [-0.3, -0.25) is 4.79 Å². The number of rotatable bonds is 3. The van der Waals surface area contributed by atoms with E-state index in [1.807, 2.05) is 30.0 Å². The number of nitrogens with zero attached hydrogens (tertiary/aromatic N) is 1. The molecule has 2 heterocycles. The van der Waals surface area contributed by atoms with Crippen molar-refractivity contribution in [1.29, 1.82) is 0 Å². The van der Waals surface area contributed by atoms with Gasteiger partial charge < -0.3 is 20.3 Å². The molecular formula is C15H21N3O2S. The van der Waals surface area contributed by atoms with Gasteiger partial charge in [-0.25, -0.2) is 0 Å². The summed E-state index contributed by atoms with van der Waals surface area (Å²) in [4.78, 5) is 14.6. The number of para-hydroxylation sites is 2. The fourth-order valence-corrected chi connectivity index (χ4v) is 3.55. The van der Waals surface area contributed by atoms with E-state index in [0.29, 0.717) is 0 Å². The van der Waals surface area contributed by atoms with Gasteiger partial charge in [0, 0.05) is 31.1 Å². The maximum Gasteiger partial charge on any atom is 0.242 e. The lowest BCUT2D eigenvalue weighted by Gasteiger charge is -2.31. The van der Waals surface area contributed by atoms with Crippen molar-refractivity contribution in [3.8, 4) is 0 Å². The van der Waals surface area contributed by atoms with Crippen LogP contribution in [0.3, 0.4) is 0 Å². The Bertz CT molecular complexity index is 486. The lowest BCUT2D eigenvalue weighted by molar-refractivity contribution is -0.117. The van der Waals surface area contributed by atoms with Crippen molar-refractivity contribution in [2.75, 3.05) is 54.6 Å². The van der Waals surface area contributed by atoms with E-state index in [2.05, 4.69) is 21.6 Å². The molecule has 2 N–H and O–H groups in total. The standard InChI is InChI=1S/C15H21N3O2S/c19-15(13-11-21-10-5-16-13)17-12-3-1-2-4-14(12)18-6-8-20-9-7-18/h1-4,13,16H,5-11H2,(H,17,19). The zero-order valence-electron chi connectivity index (χ0n) is 12.0. The highest BCUT2D eigenvalue weighted by atomic mass is 32.2. The number of amides is 1. The molecule has 2 aliphatic rings. The summed E-state index contributed by atoms with van der Waals surface area (Å²) < 4.78 is 5.40. The number of morpholine rings is 1. The van der Waals surface area contributed by atoms with Crippen LogP contribution in [0.25, 0.3) is 0 Å². The molecule has 0 aliphatic carbocycles. The highest BCUT2D eigenvalue weighted by Crippen LogP contribution is 2.26. The molecule has 114 valence electrons. The third-order valence-corrected chi connectivity index (χ3v) is 4.81. The number of ether oxygens (including phenoxy) is 1. The van der Waals surface area contributed by atoms with Crippen molar-refractivity contribution in [2.45, 2.75) is 6.04 Å². The highest BCUT2D eigenvalue weighted by molar-refractivity contribution is 7.99. The molecule has 0 aromatic heterocycles. The Hall–Kier alpha value is -1.24. The van der Waals surface area contributed by atoms with Gasteiger partial charge in [0.15, 0.2) is 0 Å². The Morgan fingerprint density at radius 1 is 1.33 bits per heavy atom. The molecule has 5 nitrogen and oxygen atoms in total. The molecule has 2 saturated heterocycles. The minimum atomic E-state index is -0.0958. The number of carbonyl (C=O) groups excluding carboxylic acids is 1. The largest absolute Gasteiger partial charge is 0.378 e. The number of benzene rings is 1. The summed E-state index contributed by atoms with van der Waals surface area (Å²) >= 11 is 1.82. The van der Waals surface area contributed by atoms with Crippen LogP contribution in [0.1, 0.15) is 0 Å². The highest BCUT2D eigenvalue weighted by Gasteiger charge is 2.22. The second-order valence-electron chi connectivity index (χ2n) is 5.19. The van der Waals surface area contributed by atoms with Gasteiger partial charge in [0.1, 0.15) is 0 Å². The van der Waals surface area contributed by atoms with E-state index in [-0.39, 0.29) is 11.9 Å². The molecule has 1 unspecified atom stereocenters. The van der Waals surface area contributed by atoms with Gasteiger partial charge in [-0.05, 0) is 12.1 Å². The summed E-state index contributed by atoms with van der Waals surface area (Å²) in [5, 5.41) is 6.35. The molecule has 1 aromatic rings. The second kappa shape index (κ2) is 7.15. The van der Waals surface area contributed by atoms with Crippen molar-refractivity contribution in [1.82, 2.24) is 5.32 Å². The van der Waals surface area contributed by atoms with E-state index < -0.39 is 0 Å². The molecule has 2 fully saturated rings. The number of hydrogen-bond acceptors (Lipinski definition) is 5. The van der Waals surface area contributed by atoms with Gasteiger partial charge >= 0.3 is 0 Å². The van der Waals surface area contributed by atoms with Crippen LogP contribution < -0.4 is 15.5 Å². The molecule has 1 amide bonds. The van der Waals surface area contributed by atoms with Crippen LogP contribution in [0.2, 0.25) is 0 Å². The van der Waals surface area contributed by atoms with Crippen molar-refractivity contribution < 1.29 is 9.53 Å². The van der Waals surface area contributed by atoms with Crippen molar-refractivity contribution in [2.24, 2.45) is 0 Å². The Balaban J connectivity index is 1.70. The first-order valence-corrected chi connectivity index (χ1v) is 8.54. The van der Waals surface area contributed by atoms with E-state index in [9.17, 15) is 4.79 Å². The first-order valence-electron chi connectivity index (χ1n) is 7.38. The Morgan fingerprint density at radius 2 is 2.14 bits per heavy atom. The van der Waals surface area contributed by atoms with Crippen molar-refractivity contribution in [3.63, 3.8) is 0 Å². The van der Waals surface area contributed by atoms with Crippen LogP contribution in [0.4, 0.5) is 11.4 Å². The average molecular weight is 307 g/mol. The van der Waals surface area contributed by atoms with Gasteiger partial charge in [-0.1, -0.05) is 12.1 Å². The lowest BCUT2D eigenvalue weighted by atomic mass is 10.2. The quantitative estimate of drug-likeness (QED) is 0.878. The first kappa shape index (κ1) is 14.7. The minimum absolute atomic E-state index is 0.0582. The zero-order chi connectivity index (χ0) is 14.5. The number of thioether (sulfide) groups is 1. The molecule has 0 bridgehead atoms. The Labute approximate surface area is 129 Å². The number of nitrogens with one attached hydrogen (secondary N) is 2. The Kier molecular flexibility index (Phi) is 5.00. The van der Waals surface area contributed by atoms with E-state index in [4.69, 9.17) is 4.74 Å². The predicted molar refractivity (Wildman–Crippen MR) is 87.2 cm³/mol. The monoisotopic (exact) mass is 307 g/mol. The van der Waals surface area contributed by atoms with Gasteiger partial charge in [-0.2, -0.15) is 11.8 Å². The van der Waals surface area contributed by atoms with Gasteiger partial charge in [0.2, 0.25) is 5.91 Å². The number of hydrogen-bond donors (Lipinski definition) is 2. The normalized spacial score (nSPS) is 22.9. The average Bonchev–Trinajstić information content (AvgIpc) is 2.57. The number of anilines is 2. The second-order valence-corrected chi connectivity index (χ2v) is 6.34. The predicted octanol–water partition coefficient (Wildman–Crippen LogP) is 1.17. The molecule has 1 atom stereocenters. The maximum atomic E-state index is 12.4. The van der Waals surface area contributed by atoms with Crippen molar-refractivity contribution >= 4 is 29.0 Å². The molecule has 1 aromatic carbocycles. The van der Waals surface area contributed by atoms with Gasteiger partial charge in [0.25, 0.3) is 0 Å². The molecule has 3 rings (SSSR count). The minimum Gasteiger partial charge on any atom is -0.378 e. The Morgan fingerprint density at radius 3 is 2.90 bits per heavy atom. The first-order chi connectivity index (χ1) is 10.3. The topological polar surface area (TPSA) is 53.6 Å². The van der Waals surface area contributed by atoms with E-state index in [1.54, 1.807) is 0 Å². The summed E-state index contributed by atoms with van der Waals surface area (Å²) in [5.74, 6) is 1.97. The zero-order valence-corrected chi connectivity index (χ0v) is 12.8. The fourth-order valence-electron chi connectivity index (χ4n) is 2.61. The van der Waals surface area contributed by atoms with Gasteiger partial charge in [0.05, 0.1) is 30.6 Å². The summed E-state index contributed by atoms with van der Waals surface area (Å²) in [6.07, 6.45) is 0. The molecule has 0 saturated carbocycles. The van der Waals surface area contributed by atoms with Crippen LogP contribution in [0.5, 0.6) is 0 Å². The SMILES string of the molecule is O=C(Nc1ccccc1N1CCOCC1)C1CSCCN1. The lowest BCUT2D eigenvalue weighted by Crippen LogP contribution is -2.46. The molecular weight excluding hydrogens is 286 g/mol. The molecule has 21 heavy (non-hydrogen) atoms. The molecule has 0 spiro atoms. The van der Waals surface area contributed by atoms with Gasteiger partial charge in [-0.15, -0.1) is 0 Å². The molecule has 2 aliphatic heterocycles. The van der Waals surface area contributed by atoms with Crippen LogP contribution in [-0.2, 0) is 9.53 Å². The van der Waals surface area contributed by atoms with Crippen molar-refractivity contribution in [3.05, 3.63) is 24.3 Å². The fraction of sp³-hybridized carbons (Fsp3) is 0.533. The van der Waals surface area contributed by atoms with E-state index in [1.165, 1.54) is 0 Å². The third-order valence-electron chi connectivity index (χ3n) is 3.75. The summed E-state index contributed by atoms with van der Waals surface area (Å²) in [7, 11) is 0. The van der Waals surface area contributed by atoms with E-state index >= 15 is 0 Å². The number of carbonyl (C=O) groups is 1. The summed E-state index contributed by atoms with van der Waals surface area (Å²) in [6.45, 7) is 4.11. The summed E-state index contributed by atoms with van der Waals surface area (Å²) in [5.41, 5.74) is 1.97. The third kappa shape index (κ3) is 3.70. The van der Waals surface area contributed by atoms with Crippen LogP contribution in [0.15, 0.2) is 24.3 Å². The summed E-state index contributed by atoms with van der Waals surface area (Å²) in [6, 6.07) is 7.90. The maximum absolute atomic E-state index is 12.4. The smallest absolute Gasteiger partial charge is 0.242 e. The van der Waals surface area contributed by atoms with Crippen LogP contribution in [-0.4, -0.2) is 56.3 Å². The van der Waals surface area contributed by atoms with Crippen LogP contribution in [0, 0.1) is 0 Å². The molecule has 6 heteroatoms. The van der Waals surface area contributed by atoms with E-state index in [0.717, 1.165) is 55.7 Å². The molecule has 0 radical (unpaired) electrons.